The van der Waals surface area contributed by atoms with Gasteiger partial charge in [0, 0.05) is 5.92 Å². The van der Waals surface area contributed by atoms with Crippen LogP contribution in [-0.2, 0) is 21.2 Å². The Balaban J connectivity index is 1.65. The molecule has 0 bridgehead atoms. The molecule has 0 amide bonds. The molecule has 1 aliphatic rings. The van der Waals surface area contributed by atoms with Crippen LogP contribution >= 0.6 is 0 Å². The Morgan fingerprint density at radius 2 is 1.68 bits per heavy atom. The fourth-order valence-corrected chi connectivity index (χ4v) is 4.60. The third-order valence-electron chi connectivity index (χ3n) is 4.31. The molecular weight excluding hydrogens is 338 g/mol. The zero-order chi connectivity index (χ0) is 17.7. The molecular formula is C19H21NO4S. The van der Waals surface area contributed by atoms with Crippen LogP contribution in [-0.4, -0.2) is 25.1 Å². The van der Waals surface area contributed by atoms with Crippen molar-refractivity contribution in [2.24, 2.45) is 5.92 Å². The minimum Gasteiger partial charge on any atom is -0.369 e. The lowest BCUT2D eigenvalue weighted by molar-refractivity contribution is 0.0599. The molecule has 0 aliphatic heterocycles. The summed E-state index contributed by atoms with van der Waals surface area (Å²) in [6.45, 7) is 0.464. The molecule has 5 nitrogen and oxygen atoms in total. The van der Waals surface area contributed by atoms with Gasteiger partial charge in [-0.2, -0.15) is 5.48 Å². The van der Waals surface area contributed by atoms with E-state index >= 15 is 0 Å². The van der Waals surface area contributed by atoms with Crippen molar-refractivity contribution in [3.63, 3.8) is 0 Å². The molecule has 132 valence electrons. The highest BCUT2D eigenvalue weighted by atomic mass is 32.2. The smallest absolute Gasteiger partial charge is 0.196 e. The number of hydrogen-bond acceptors (Lipinski definition) is 5. The summed E-state index contributed by atoms with van der Waals surface area (Å²) in [5.74, 6) is -0.365. The van der Waals surface area contributed by atoms with Crippen molar-refractivity contribution in [3.05, 3.63) is 78.4 Å². The van der Waals surface area contributed by atoms with Crippen LogP contribution in [0.15, 0.2) is 77.7 Å². The van der Waals surface area contributed by atoms with Crippen LogP contribution < -0.4 is 5.48 Å². The highest BCUT2D eigenvalue weighted by Crippen LogP contribution is 2.29. The number of rotatable bonds is 7. The molecule has 1 aliphatic carbocycles. The van der Waals surface area contributed by atoms with Gasteiger partial charge in [0.25, 0.3) is 0 Å². The van der Waals surface area contributed by atoms with E-state index in [1.54, 1.807) is 24.3 Å². The number of ether oxygens (including phenoxy) is 1. The predicted molar refractivity (Wildman–Crippen MR) is 94.6 cm³/mol. The Morgan fingerprint density at radius 1 is 1.04 bits per heavy atom. The van der Waals surface area contributed by atoms with Gasteiger partial charge >= 0.3 is 0 Å². The molecule has 3 rings (SSSR count). The summed E-state index contributed by atoms with van der Waals surface area (Å²) in [7, 11) is -3.69. The average molecular weight is 359 g/mol. The van der Waals surface area contributed by atoms with Gasteiger partial charge in [-0.3, -0.25) is 0 Å². The quantitative estimate of drug-likeness (QED) is 0.587. The largest absolute Gasteiger partial charge is 0.369 e. The molecule has 0 fully saturated rings. The number of sulfone groups is 1. The maximum Gasteiger partial charge on any atom is 0.196 e. The van der Waals surface area contributed by atoms with Crippen molar-refractivity contribution in [1.82, 2.24) is 5.48 Å². The summed E-state index contributed by atoms with van der Waals surface area (Å²) in [6.07, 6.45) is 3.98. The van der Waals surface area contributed by atoms with Crippen LogP contribution in [0.4, 0.5) is 0 Å². The van der Waals surface area contributed by atoms with Crippen molar-refractivity contribution < 1.29 is 18.4 Å². The average Bonchev–Trinajstić information content (AvgIpc) is 3.10. The van der Waals surface area contributed by atoms with Crippen LogP contribution in [0.5, 0.6) is 0 Å². The van der Waals surface area contributed by atoms with Crippen molar-refractivity contribution in [1.29, 1.82) is 0 Å². The molecule has 0 heterocycles. The maximum atomic E-state index is 12.7. The first-order valence-corrected chi connectivity index (χ1v) is 9.68. The monoisotopic (exact) mass is 359 g/mol. The summed E-state index contributed by atoms with van der Waals surface area (Å²) in [5.41, 5.74) is 3.05. The van der Waals surface area contributed by atoms with Crippen LogP contribution in [0.2, 0.25) is 0 Å². The van der Waals surface area contributed by atoms with Crippen molar-refractivity contribution in [2.75, 3.05) is 0 Å². The van der Waals surface area contributed by atoms with Gasteiger partial charge in [0.15, 0.2) is 9.84 Å². The predicted octanol–water partition coefficient (Wildman–Crippen LogP) is 2.93. The van der Waals surface area contributed by atoms with E-state index in [1.807, 2.05) is 41.9 Å². The molecule has 0 aromatic heterocycles. The maximum absolute atomic E-state index is 12.7. The van der Waals surface area contributed by atoms with E-state index in [0.717, 1.165) is 5.56 Å². The summed E-state index contributed by atoms with van der Waals surface area (Å²) in [5, 5.41) is 8.37. The Labute approximate surface area is 147 Å². The Hall–Kier alpha value is -1.99. The van der Waals surface area contributed by atoms with E-state index in [2.05, 4.69) is 0 Å². The van der Waals surface area contributed by atoms with E-state index < -0.39 is 15.2 Å². The first kappa shape index (κ1) is 17.8. The minimum absolute atomic E-state index is 0.174. The van der Waals surface area contributed by atoms with Crippen LogP contribution in [0.1, 0.15) is 12.0 Å². The lowest BCUT2D eigenvalue weighted by Crippen LogP contribution is -2.40. The molecule has 6 heteroatoms. The Bertz CT molecular complexity index is 806. The third-order valence-corrected chi connectivity index (χ3v) is 6.36. The van der Waals surface area contributed by atoms with Crippen molar-refractivity contribution in [2.45, 2.75) is 29.4 Å². The number of benzene rings is 2. The van der Waals surface area contributed by atoms with Crippen LogP contribution in [0, 0.1) is 5.92 Å². The zero-order valence-corrected chi connectivity index (χ0v) is 14.5. The fourth-order valence-electron chi connectivity index (χ4n) is 2.97. The van der Waals surface area contributed by atoms with E-state index in [0.29, 0.717) is 13.0 Å². The highest BCUT2D eigenvalue weighted by Gasteiger charge is 2.36. The first-order valence-electron chi connectivity index (χ1n) is 8.13. The molecule has 3 atom stereocenters. The molecule has 3 unspecified atom stereocenters. The van der Waals surface area contributed by atoms with E-state index in [9.17, 15) is 13.6 Å². The first-order chi connectivity index (χ1) is 12.1. The van der Waals surface area contributed by atoms with E-state index in [4.69, 9.17) is 4.74 Å². The molecule has 0 saturated heterocycles. The van der Waals surface area contributed by atoms with Crippen molar-refractivity contribution in [3.8, 4) is 0 Å². The second-order valence-corrected chi connectivity index (χ2v) is 8.10. The Morgan fingerprint density at radius 3 is 2.32 bits per heavy atom. The zero-order valence-electron chi connectivity index (χ0n) is 13.7. The molecule has 0 radical (unpaired) electrons. The normalized spacial score (nSPS) is 21.3. The van der Waals surface area contributed by atoms with Gasteiger partial charge in [0.1, 0.15) is 5.37 Å². The van der Waals surface area contributed by atoms with Gasteiger partial charge in [-0.15, -0.1) is 0 Å². The van der Waals surface area contributed by atoms with E-state index in [-0.39, 0.29) is 16.9 Å². The van der Waals surface area contributed by atoms with Gasteiger partial charge in [-0.05, 0) is 24.1 Å². The van der Waals surface area contributed by atoms with Gasteiger partial charge < -0.3 is 9.94 Å². The Kier molecular flexibility index (Phi) is 5.65. The van der Waals surface area contributed by atoms with Gasteiger partial charge in [0.2, 0.25) is 0 Å². The standard InChI is InChI=1S/C19H21NO4S/c21-20-19(25(22,23)18-9-5-2-6-10-18)16-11-12-17(13-16)24-14-15-7-3-1-4-8-15/h1-12,16-17,19-21H,13-14H2. The van der Waals surface area contributed by atoms with Crippen molar-refractivity contribution >= 4 is 9.84 Å². The number of hydroxylamine groups is 1. The van der Waals surface area contributed by atoms with E-state index in [1.165, 1.54) is 12.1 Å². The summed E-state index contributed by atoms with van der Waals surface area (Å²) in [6, 6.07) is 17.9. The van der Waals surface area contributed by atoms with Gasteiger partial charge in [0.05, 0.1) is 17.6 Å². The summed E-state index contributed by atoms with van der Waals surface area (Å²) < 4.78 is 31.3. The fraction of sp³-hybridized carbons (Fsp3) is 0.263. The summed E-state index contributed by atoms with van der Waals surface area (Å²) in [4.78, 5) is 0.184. The second kappa shape index (κ2) is 7.93. The molecule has 2 aromatic carbocycles. The molecule has 0 saturated carbocycles. The second-order valence-electron chi connectivity index (χ2n) is 6.03. The molecule has 25 heavy (non-hydrogen) atoms. The molecule has 2 N–H and O–H groups in total. The van der Waals surface area contributed by atoms with Crippen LogP contribution in [0.25, 0.3) is 0 Å². The summed E-state index contributed by atoms with van der Waals surface area (Å²) >= 11 is 0. The highest BCUT2D eigenvalue weighted by molar-refractivity contribution is 7.92. The number of hydrogen-bond donors (Lipinski definition) is 2. The minimum atomic E-state index is -3.69. The topological polar surface area (TPSA) is 75.6 Å². The molecule has 0 spiro atoms. The lowest BCUT2D eigenvalue weighted by Gasteiger charge is -2.22. The van der Waals surface area contributed by atoms with Crippen LogP contribution in [0.3, 0.4) is 0 Å². The third kappa shape index (κ3) is 4.16. The molecule has 2 aromatic rings. The number of nitrogens with one attached hydrogen (secondary N) is 1. The van der Waals surface area contributed by atoms with Gasteiger partial charge in [-0.25, -0.2) is 8.42 Å². The SMILES string of the molecule is O=S(=O)(c1ccccc1)C(NO)C1C=CC(OCc2ccccc2)C1. The van der Waals surface area contributed by atoms with Gasteiger partial charge in [-0.1, -0.05) is 60.7 Å². The lowest BCUT2D eigenvalue weighted by atomic mass is 10.1.